The maximum absolute atomic E-state index is 13.1. The van der Waals surface area contributed by atoms with Crippen molar-refractivity contribution in [3.05, 3.63) is 77.9 Å². The molecule has 0 radical (unpaired) electrons. The summed E-state index contributed by atoms with van der Waals surface area (Å²) in [6, 6.07) is 20.9. The molecule has 0 bridgehead atoms. The molecular formula is C25H28N2O4. The summed E-state index contributed by atoms with van der Waals surface area (Å²) in [5.41, 5.74) is 3.33. The lowest BCUT2D eigenvalue weighted by Gasteiger charge is -2.20. The molecule has 0 fully saturated rings. The number of ether oxygens (including phenoxy) is 3. The van der Waals surface area contributed by atoms with E-state index in [1.54, 1.807) is 26.2 Å². The molecule has 0 aliphatic heterocycles. The van der Waals surface area contributed by atoms with Gasteiger partial charge >= 0.3 is 0 Å². The Hall–Kier alpha value is -3.67. The van der Waals surface area contributed by atoms with E-state index in [9.17, 15) is 4.79 Å². The Labute approximate surface area is 183 Å². The topological polar surface area (TPSA) is 60.0 Å². The minimum Gasteiger partial charge on any atom is -0.497 e. The molecule has 6 heteroatoms. The Morgan fingerprint density at radius 1 is 0.871 bits per heavy atom. The zero-order valence-electron chi connectivity index (χ0n) is 18.3. The Kier molecular flexibility index (Phi) is 7.38. The number of nitrogens with zero attached hydrogens (tertiary/aromatic N) is 1. The van der Waals surface area contributed by atoms with Crippen molar-refractivity contribution in [1.82, 2.24) is 4.90 Å². The van der Waals surface area contributed by atoms with Crippen molar-refractivity contribution in [2.45, 2.75) is 6.42 Å². The standard InChI is InChI=1S/C25H28N2O4/c1-27(16-15-18-9-14-23(30-3)24(17-18)31-4)25(28)21-7-5-6-8-22(21)26-19-10-12-20(29-2)13-11-19/h5-14,17,26H,15-16H2,1-4H3. The molecule has 0 saturated carbocycles. The summed E-state index contributed by atoms with van der Waals surface area (Å²) in [6.07, 6.45) is 0.705. The van der Waals surface area contributed by atoms with E-state index in [0.29, 0.717) is 30.0 Å². The van der Waals surface area contributed by atoms with E-state index in [4.69, 9.17) is 14.2 Å². The van der Waals surface area contributed by atoms with Gasteiger partial charge in [-0.05, 0) is 60.5 Å². The highest BCUT2D eigenvalue weighted by Gasteiger charge is 2.16. The first-order chi connectivity index (χ1) is 15.0. The molecule has 162 valence electrons. The van der Waals surface area contributed by atoms with Gasteiger partial charge in [-0.2, -0.15) is 0 Å². The predicted molar refractivity (Wildman–Crippen MR) is 123 cm³/mol. The van der Waals surface area contributed by atoms with E-state index in [1.807, 2.05) is 73.8 Å². The fraction of sp³-hybridized carbons (Fsp3) is 0.240. The third-order valence-corrected chi connectivity index (χ3v) is 5.06. The first kappa shape index (κ1) is 22.0. The van der Waals surface area contributed by atoms with E-state index >= 15 is 0 Å². The molecule has 0 heterocycles. The van der Waals surface area contributed by atoms with Crippen LogP contribution in [-0.2, 0) is 6.42 Å². The molecular weight excluding hydrogens is 392 g/mol. The van der Waals surface area contributed by atoms with E-state index in [0.717, 1.165) is 22.7 Å². The molecule has 0 aliphatic rings. The molecule has 3 rings (SSSR count). The summed E-state index contributed by atoms with van der Waals surface area (Å²) in [5.74, 6) is 2.11. The van der Waals surface area contributed by atoms with Gasteiger partial charge in [0, 0.05) is 19.3 Å². The summed E-state index contributed by atoms with van der Waals surface area (Å²) in [6.45, 7) is 0.575. The van der Waals surface area contributed by atoms with Crippen LogP contribution in [0.4, 0.5) is 11.4 Å². The van der Waals surface area contributed by atoms with E-state index < -0.39 is 0 Å². The summed E-state index contributed by atoms with van der Waals surface area (Å²) < 4.78 is 15.9. The van der Waals surface area contributed by atoms with Crippen LogP contribution < -0.4 is 19.5 Å². The number of methoxy groups -OCH3 is 3. The summed E-state index contributed by atoms with van der Waals surface area (Å²) in [5, 5.41) is 3.33. The number of likely N-dealkylation sites (N-methyl/N-ethyl adjacent to an activating group) is 1. The number of carbonyl (C=O) groups excluding carboxylic acids is 1. The first-order valence-corrected chi connectivity index (χ1v) is 10.0. The van der Waals surface area contributed by atoms with Crippen molar-refractivity contribution in [2.75, 3.05) is 40.2 Å². The predicted octanol–water partition coefficient (Wildman–Crippen LogP) is 4.77. The number of para-hydroxylation sites is 1. The van der Waals surface area contributed by atoms with Crippen LogP contribution in [0.15, 0.2) is 66.7 Å². The van der Waals surface area contributed by atoms with Crippen molar-refractivity contribution in [2.24, 2.45) is 0 Å². The average molecular weight is 421 g/mol. The summed E-state index contributed by atoms with van der Waals surface area (Å²) in [7, 11) is 6.67. The Morgan fingerprint density at radius 2 is 1.58 bits per heavy atom. The van der Waals surface area contributed by atoms with Gasteiger partial charge in [-0.25, -0.2) is 0 Å². The third kappa shape index (κ3) is 5.48. The van der Waals surface area contributed by atoms with Gasteiger partial charge in [0.15, 0.2) is 11.5 Å². The van der Waals surface area contributed by atoms with Gasteiger partial charge in [-0.3, -0.25) is 4.79 Å². The molecule has 0 spiro atoms. The third-order valence-electron chi connectivity index (χ3n) is 5.06. The smallest absolute Gasteiger partial charge is 0.255 e. The minimum absolute atomic E-state index is 0.0444. The van der Waals surface area contributed by atoms with Gasteiger partial charge in [-0.1, -0.05) is 18.2 Å². The maximum atomic E-state index is 13.1. The van der Waals surface area contributed by atoms with Crippen molar-refractivity contribution < 1.29 is 19.0 Å². The molecule has 3 aromatic rings. The van der Waals surface area contributed by atoms with Gasteiger partial charge < -0.3 is 24.4 Å². The van der Waals surface area contributed by atoms with E-state index in [-0.39, 0.29) is 5.91 Å². The highest BCUT2D eigenvalue weighted by molar-refractivity contribution is 6.00. The quantitative estimate of drug-likeness (QED) is 0.540. The number of benzene rings is 3. The number of rotatable bonds is 9. The van der Waals surface area contributed by atoms with Crippen LogP contribution in [0, 0.1) is 0 Å². The number of carbonyl (C=O) groups is 1. The molecule has 0 unspecified atom stereocenters. The van der Waals surface area contributed by atoms with Crippen molar-refractivity contribution in [3.8, 4) is 17.2 Å². The lowest BCUT2D eigenvalue weighted by molar-refractivity contribution is 0.0797. The van der Waals surface area contributed by atoms with Crippen LogP contribution in [0.25, 0.3) is 0 Å². The highest BCUT2D eigenvalue weighted by atomic mass is 16.5. The molecule has 3 aromatic carbocycles. The number of nitrogens with one attached hydrogen (secondary N) is 1. The van der Waals surface area contributed by atoms with E-state index in [2.05, 4.69) is 5.32 Å². The zero-order chi connectivity index (χ0) is 22.2. The SMILES string of the molecule is COc1ccc(Nc2ccccc2C(=O)N(C)CCc2ccc(OC)c(OC)c2)cc1. The van der Waals surface area contributed by atoms with Crippen molar-refractivity contribution in [1.29, 1.82) is 0 Å². The average Bonchev–Trinajstić information content (AvgIpc) is 2.82. The molecule has 1 N–H and O–H groups in total. The lowest BCUT2D eigenvalue weighted by Crippen LogP contribution is -2.29. The number of hydrogen-bond donors (Lipinski definition) is 1. The van der Waals surface area contributed by atoms with Crippen LogP contribution in [0.5, 0.6) is 17.2 Å². The molecule has 0 saturated heterocycles. The first-order valence-electron chi connectivity index (χ1n) is 10.0. The van der Waals surface area contributed by atoms with Gasteiger partial charge in [-0.15, -0.1) is 0 Å². The van der Waals surface area contributed by atoms with Gasteiger partial charge in [0.1, 0.15) is 5.75 Å². The maximum Gasteiger partial charge on any atom is 0.255 e. The Morgan fingerprint density at radius 3 is 2.26 bits per heavy atom. The number of hydrogen-bond acceptors (Lipinski definition) is 5. The van der Waals surface area contributed by atoms with Crippen molar-refractivity contribution >= 4 is 17.3 Å². The Balaban J connectivity index is 1.69. The number of anilines is 2. The number of amides is 1. The van der Waals surface area contributed by atoms with E-state index in [1.165, 1.54) is 0 Å². The molecule has 1 amide bonds. The highest BCUT2D eigenvalue weighted by Crippen LogP contribution is 2.28. The van der Waals surface area contributed by atoms with Crippen LogP contribution in [0.2, 0.25) is 0 Å². The molecule has 0 aromatic heterocycles. The lowest BCUT2D eigenvalue weighted by atomic mass is 10.1. The zero-order valence-corrected chi connectivity index (χ0v) is 18.3. The molecule has 0 aliphatic carbocycles. The second kappa shape index (κ2) is 10.4. The van der Waals surface area contributed by atoms with Gasteiger partial charge in [0.05, 0.1) is 32.6 Å². The van der Waals surface area contributed by atoms with Crippen LogP contribution in [0.1, 0.15) is 15.9 Å². The van der Waals surface area contributed by atoms with Gasteiger partial charge in [0.25, 0.3) is 5.91 Å². The summed E-state index contributed by atoms with van der Waals surface area (Å²) >= 11 is 0. The van der Waals surface area contributed by atoms with Gasteiger partial charge in [0.2, 0.25) is 0 Å². The van der Waals surface area contributed by atoms with Crippen LogP contribution in [0.3, 0.4) is 0 Å². The van der Waals surface area contributed by atoms with Crippen molar-refractivity contribution in [3.63, 3.8) is 0 Å². The normalized spacial score (nSPS) is 10.3. The minimum atomic E-state index is -0.0444. The van der Waals surface area contributed by atoms with Crippen LogP contribution >= 0.6 is 0 Å². The van der Waals surface area contributed by atoms with Crippen LogP contribution in [-0.4, -0.2) is 45.7 Å². The largest absolute Gasteiger partial charge is 0.497 e. The summed E-state index contributed by atoms with van der Waals surface area (Å²) in [4.78, 5) is 14.8. The fourth-order valence-corrected chi connectivity index (χ4v) is 3.25. The second-order valence-corrected chi connectivity index (χ2v) is 7.07. The fourth-order valence-electron chi connectivity index (χ4n) is 3.25. The molecule has 31 heavy (non-hydrogen) atoms. The molecule has 6 nitrogen and oxygen atoms in total. The Bertz CT molecular complexity index is 1020. The second-order valence-electron chi connectivity index (χ2n) is 7.07. The molecule has 0 atom stereocenters. The monoisotopic (exact) mass is 420 g/mol.